The van der Waals surface area contributed by atoms with Gasteiger partial charge in [-0.1, -0.05) is 11.8 Å². The molecule has 0 spiro atoms. The van der Waals surface area contributed by atoms with Crippen LogP contribution in [0.5, 0.6) is 0 Å². The zero-order valence-corrected chi connectivity index (χ0v) is 19.6. The number of nitrogens with zero attached hydrogens (tertiary/aromatic N) is 3. The number of hydrogen-bond acceptors (Lipinski definition) is 9. The number of esters is 1. The molecule has 1 aliphatic carbocycles. The lowest BCUT2D eigenvalue weighted by molar-refractivity contribution is -0.118. The van der Waals surface area contributed by atoms with E-state index in [2.05, 4.69) is 15.5 Å². The van der Waals surface area contributed by atoms with Gasteiger partial charge in [-0.3, -0.25) is 14.2 Å². The Morgan fingerprint density at radius 1 is 1.33 bits per heavy atom. The van der Waals surface area contributed by atoms with Crippen molar-refractivity contribution in [3.8, 4) is 11.6 Å². The zero-order valence-electron chi connectivity index (χ0n) is 18.0. The Balaban J connectivity index is 1.48. The number of aromatic nitrogens is 3. The Morgan fingerprint density at radius 2 is 2.18 bits per heavy atom. The predicted octanol–water partition coefficient (Wildman–Crippen LogP) is 2.87. The van der Waals surface area contributed by atoms with Gasteiger partial charge in [-0.15, -0.1) is 21.5 Å². The molecule has 174 valence electrons. The molecule has 3 aromatic rings. The number of fused-ring (bicyclic) bond motifs is 1. The highest BCUT2D eigenvalue weighted by atomic mass is 32.2. The third-order valence-electron chi connectivity index (χ3n) is 5.03. The molecule has 0 bridgehead atoms. The van der Waals surface area contributed by atoms with Crippen molar-refractivity contribution in [1.29, 1.82) is 0 Å². The van der Waals surface area contributed by atoms with Gasteiger partial charge in [0.1, 0.15) is 5.00 Å². The molecule has 0 atom stereocenters. The summed E-state index contributed by atoms with van der Waals surface area (Å²) in [6.45, 7) is 2.28. The summed E-state index contributed by atoms with van der Waals surface area (Å²) in [4.78, 5) is 37.6. The molecule has 10 nitrogen and oxygen atoms in total. The summed E-state index contributed by atoms with van der Waals surface area (Å²) in [5, 5.41) is 12.1. The van der Waals surface area contributed by atoms with Crippen LogP contribution in [0.25, 0.3) is 11.6 Å². The van der Waals surface area contributed by atoms with Gasteiger partial charge in [0, 0.05) is 17.8 Å². The first-order chi connectivity index (χ1) is 16.0. The number of anilines is 1. The van der Waals surface area contributed by atoms with Gasteiger partial charge >= 0.3 is 5.97 Å². The minimum absolute atomic E-state index is 0.0394. The first-order valence-electron chi connectivity index (χ1n) is 10.5. The number of furan rings is 1. The van der Waals surface area contributed by atoms with Crippen molar-refractivity contribution in [3.63, 3.8) is 0 Å². The molecule has 1 aliphatic rings. The third kappa shape index (κ3) is 5.11. The van der Waals surface area contributed by atoms with Gasteiger partial charge in [-0.05, 0) is 43.9 Å². The molecule has 3 heterocycles. The average molecular weight is 490 g/mol. The van der Waals surface area contributed by atoms with Crippen LogP contribution in [0.4, 0.5) is 5.00 Å². The van der Waals surface area contributed by atoms with E-state index in [0.717, 1.165) is 29.7 Å². The maximum atomic E-state index is 12.7. The number of thioether (sulfide) groups is 1. The lowest BCUT2D eigenvalue weighted by Gasteiger charge is -2.09. The molecular weight excluding hydrogens is 466 g/mol. The van der Waals surface area contributed by atoms with Crippen molar-refractivity contribution in [2.24, 2.45) is 5.73 Å². The van der Waals surface area contributed by atoms with E-state index < -0.39 is 11.9 Å². The van der Waals surface area contributed by atoms with Crippen molar-refractivity contribution >= 4 is 45.9 Å². The number of nitrogens with one attached hydrogen (secondary N) is 1. The van der Waals surface area contributed by atoms with Crippen LogP contribution in [0.1, 0.15) is 40.6 Å². The number of amides is 2. The van der Waals surface area contributed by atoms with Crippen molar-refractivity contribution in [2.75, 3.05) is 17.7 Å². The number of ether oxygens (including phenoxy) is 1. The average Bonchev–Trinajstić information content (AvgIpc) is 3.54. The monoisotopic (exact) mass is 489 g/mol. The molecule has 0 fully saturated rings. The topological polar surface area (TPSA) is 142 Å². The van der Waals surface area contributed by atoms with Crippen molar-refractivity contribution in [2.45, 2.75) is 44.3 Å². The summed E-state index contributed by atoms with van der Waals surface area (Å²) in [6, 6.07) is 3.46. The number of carbonyl (C=O) groups excluding carboxylic acids is 3. The largest absolute Gasteiger partial charge is 0.462 e. The Bertz CT molecular complexity index is 1170. The van der Waals surface area contributed by atoms with Gasteiger partial charge in [-0.2, -0.15) is 0 Å². The molecule has 0 saturated carbocycles. The second-order valence-electron chi connectivity index (χ2n) is 7.27. The summed E-state index contributed by atoms with van der Waals surface area (Å²) in [7, 11) is 0. The van der Waals surface area contributed by atoms with Gasteiger partial charge in [0.05, 0.1) is 24.2 Å². The molecule has 0 radical (unpaired) electrons. The first-order valence-corrected chi connectivity index (χ1v) is 12.3. The third-order valence-corrected chi connectivity index (χ3v) is 7.20. The van der Waals surface area contributed by atoms with Gasteiger partial charge in [0.15, 0.2) is 16.7 Å². The van der Waals surface area contributed by atoms with Crippen LogP contribution in [-0.4, -0.2) is 44.9 Å². The smallest absolute Gasteiger partial charge is 0.341 e. The van der Waals surface area contributed by atoms with E-state index in [1.165, 1.54) is 29.4 Å². The SMILES string of the molecule is CCOC(=O)c1c(NC(=O)CSc2nnc(-c3ccco3)n2CCC(N)=O)sc2c1CCC2. The standard InChI is InChI=1S/C21H23N5O5S2/c1-2-30-20(29)17-12-5-3-7-14(12)33-19(17)23-16(28)11-32-21-25-24-18(13-6-4-10-31-13)26(21)9-8-15(22)27/h4,6,10H,2-3,5,7-9,11H2,1H3,(H2,22,27)(H,23,28). The van der Waals surface area contributed by atoms with Crippen LogP contribution in [0.2, 0.25) is 0 Å². The highest BCUT2D eigenvalue weighted by Crippen LogP contribution is 2.39. The van der Waals surface area contributed by atoms with Crippen molar-refractivity contribution < 1.29 is 23.5 Å². The second kappa shape index (κ2) is 10.2. The molecule has 3 N–H and O–H groups in total. The summed E-state index contributed by atoms with van der Waals surface area (Å²) >= 11 is 2.60. The first kappa shape index (κ1) is 23.1. The van der Waals surface area contributed by atoms with Crippen LogP contribution >= 0.6 is 23.1 Å². The fourth-order valence-electron chi connectivity index (χ4n) is 3.61. The number of nitrogens with two attached hydrogens (primary N) is 1. The number of rotatable bonds is 10. The summed E-state index contributed by atoms with van der Waals surface area (Å²) in [6.07, 6.45) is 4.31. The Hall–Kier alpha value is -3.12. The number of carbonyl (C=O) groups is 3. The van der Waals surface area contributed by atoms with Crippen LogP contribution < -0.4 is 11.1 Å². The van der Waals surface area contributed by atoms with E-state index in [0.29, 0.717) is 27.3 Å². The van der Waals surface area contributed by atoms with E-state index in [4.69, 9.17) is 14.9 Å². The van der Waals surface area contributed by atoms with Crippen LogP contribution in [-0.2, 0) is 33.7 Å². The van der Waals surface area contributed by atoms with E-state index in [-0.39, 0.29) is 31.2 Å². The lowest BCUT2D eigenvalue weighted by atomic mass is 10.1. The fourth-order valence-corrected chi connectivity index (χ4v) is 5.67. The van der Waals surface area contributed by atoms with Crippen LogP contribution in [0.3, 0.4) is 0 Å². The molecular formula is C21H23N5O5S2. The summed E-state index contributed by atoms with van der Waals surface area (Å²) < 4.78 is 12.3. The molecule has 0 aromatic carbocycles. The molecule has 4 rings (SSSR count). The molecule has 33 heavy (non-hydrogen) atoms. The lowest BCUT2D eigenvalue weighted by Crippen LogP contribution is -2.18. The molecule has 2 amide bonds. The molecule has 0 aliphatic heterocycles. The molecule has 0 saturated heterocycles. The maximum Gasteiger partial charge on any atom is 0.341 e. The molecule has 0 unspecified atom stereocenters. The van der Waals surface area contributed by atoms with E-state index in [1.807, 2.05) is 0 Å². The van der Waals surface area contributed by atoms with Gasteiger partial charge < -0.3 is 20.2 Å². The normalized spacial score (nSPS) is 12.5. The predicted molar refractivity (Wildman–Crippen MR) is 123 cm³/mol. The van der Waals surface area contributed by atoms with Crippen LogP contribution in [0, 0.1) is 0 Å². The minimum atomic E-state index is -0.458. The summed E-state index contributed by atoms with van der Waals surface area (Å²) in [5.74, 6) is -0.167. The molecule has 12 heteroatoms. The molecule has 3 aromatic heterocycles. The van der Waals surface area contributed by atoms with Crippen molar-refractivity contribution in [3.05, 3.63) is 34.4 Å². The van der Waals surface area contributed by atoms with E-state index >= 15 is 0 Å². The maximum absolute atomic E-state index is 12.7. The number of hydrogen-bond donors (Lipinski definition) is 2. The highest BCUT2D eigenvalue weighted by molar-refractivity contribution is 7.99. The van der Waals surface area contributed by atoms with E-state index in [9.17, 15) is 14.4 Å². The fraction of sp³-hybridized carbons (Fsp3) is 0.381. The Kier molecular flexibility index (Phi) is 7.14. The summed E-state index contributed by atoms with van der Waals surface area (Å²) in [5.41, 5.74) is 6.75. The highest BCUT2D eigenvalue weighted by Gasteiger charge is 2.28. The van der Waals surface area contributed by atoms with E-state index in [1.54, 1.807) is 23.6 Å². The van der Waals surface area contributed by atoms with Gasteiger partial charge in [-0.25, -0.2) is 4.79 Å². The van der Waals surface area contributed by atoms with Crippen molar-refractivity contribution in [1.82, 2.24) is 14.8 Å². The Labute approximate surface area is 197 Å². The van der Waals surface area contributed by atoms with Gasteiger partial charge in [0.2, 0.25) is 11.8 Å². The number of aryl methyl sites for hydroxylation is 1. The number of thiophene rings is 1. The zero-order chi connectivity index (χ0) is 23.4. The minimum Gasteiger partial charge on any atom is -0.462 e. The Morgan fingerprint density at radius 3 is 2.91 bits per heavy atom. The number of primary amides is 1. The second-order valence-corrected chi connectivity index (χ2v) is 9.32. The van der Waals surface area contributed by atoms with Crippen LogP contribution in [0.15, 0.2) is 28.0 Å². The van der Waals surface area contributed by atoms with Gasteiger partial charge in [0.25, 0.3) is 0 Å². The quantitative estimate of drug-likeness (QED) is 0.327.